The molecule has 0 spiro atoms. The third kappa shape index (κ3) is 39.6. The standard InChI is InChI=1S/C7H12N4O2.C4H10N4O.C3H4O2/c1-2-7(12)9-3-5-13-6-4-10-11-8;5-1-3-9-4-2-7-8-6;1-2-3(4)5/h2H,1,3-6H2,(H,9,12);1-5H2;2H,1H2,(H,4,5). The van der Waals surface area contributed by atoms with Crippen molar-refractivity contribution in [2.45, 2.75) is 0 Å². The molecule has 0 aliphatic rings. The van der Waals surface area contributed by atoms with Gasteiger partial charge in [-0.15, -0.1) is 0 Å². The van der Waals surface area contributed by atoms with E-state index >= 15 is 0 Å². The average molecular weight is 386 g/mol. The molecule has 0 unspecified atom stereocenters. The van der Waals surface area contributed by atoms with E-state index in [9.17, 15) is 9.59 Å². The molecule has 0 fully saturated rings. The second kappa shape index (κ2) is 27.8. The van der Waals surface area contributed by atoms with Gasteiger partial charge in [0.2, 0.25) is 5.91 Å². The predicted octanol–water partition coefficient (Wildman–Crippen LogP) is 1.14. The van der Waals surface area contributed by atoms with Crippen molar-refractivity contribution >= 4 is 11.9 Å². The van der Waals surface area contributed by atoms with Crippen LogP contribution in [-0.4, -0.2) is 69.6 Å². The molecule has 13 heteroatoms. The summed E-state index contributed by atoms with van der Waals surface area (Å²) in [6.45, 7) is 9.65. The zero-order valence-electron chi connectivity index (χ0n) is 15.1. The molecule has 0 atom stereocenters. The van der Waals surface area contributed by atoms with Crippen LogP contribution in [0.5, 0.6) is 0 Å². The number of carbonyl (C=O) groups excluding carboxylic acids is 1. The number of hydrogen-bond donors (Lipinski definition) is 3. The highest BCUT2D eigenvalue weighted by molar-refractivity contribution is 5.86. The maximum atomic E-state index is 10.6. The van der Waals surface area contributed by atoms with E-state index in [2.05, 4.69) is 38.5 Å². The quantitative estimate of drug-likeness (QED) is 0.139. The summed E-state index contributed by atoms with van der Waals surface area (Å²) in [5.74, 6) is -1.20. The third-order valence-electron chi connectivity index (χ3n) is 1.97. The van der Waals surface area contributed by atoms with Gasteiger partial charge in [-0.25, -0.2) is 4.79 Å². The number of ether oxygens (including phenoxy) is 2. The van der Waals surface area contributed by atoms with E-state index in [0.29, 0.717) is 52.6 Å². The lowest BCUT2D eigenvalue weighted by atomic mass is 10.5. The first-order chi connectivity index (χ1) is 13.0. The van der Waals surface area contributed by atoms with Crippen LogP contribution in [0.4, 0.5) is 0 Å². The van der Waals surface area contributed by atoms with Crippen LogP contribution in [0.15, 0.2) is 35.5 Å². The number of carboxylic acids is 1. The second-order valence-electron chi connectivity index (χ2n) is 3.96. The highest BCUT2D eigenvalue weighted by Crippen LogP contribution is 1.77. The Balaban J connectivity index is -0.000000356. The predicted molar refractivity (Wildman–Crippen MR) is 99.8 cm³/mol. The molecule has 0 aliphatic heterocycles. The molecule has 0 aromatic rings. The summed E-state index contributed by atoms with van der Waals surface area (Å²) >= 11 is 0. The number of carboxylic acid groups (broad SMARTS) is 1. The van der Waals surface area contributed by atoms with Crippen molar-refractivity contribution in [3.05, 3.63) is 46.2 Å². The molecular formula is C14H26N8O5. The Morgan fingerprint density at radius 3 is 1.89 bits per heavy atom. The maximum Gasteiger partial charge on any atom is 0.327 e. The van der Waals surface area contributed by atoms with Crippen molar-refractivity contribution < 1.29 is 24.2 Å². The Kier molecular flexibility index (Phi) is 29.5. The van der Waals surface area contributed by atoms with Gasteiger partial charge in [-0.3, -0.25) is 4.79 Å². The first-order valence-electron chi connectivity index (χ1n) is 7.62. The molecule has 0 heterocycles. The lowest BCUT2D eigenvalue weighted by molar-refractivity contribution is -0.131. The van der Waals surface area contributed by atoms with Crippen molar-refractivity contribution in [3.8, 4) is 0 Å². The summed E-state index contributed by atoms with van der Waals surface area (Å²) in [5.41, 5.74) is 20.8. The number of nitrogens with one attached hydrogen (secondary N) is 1. The number of hydrogen-bond acceptors (Lipinski definition) is 7. The fourth-order valence-corrected chi connectivity index (χ4v) is 0.906. The fraction of sp³-hybridized carbons (Fsp3) is 0.571. The van der Waals surface area contributed by atoms with E-state index in [0.717, 1.165) is 6.08 Å². The van der Waals surface area contributed by atoms with Gasteiger partial charge in [0.25, 0.3) is 0 Å². The van der Waals surface area contributed by atoms with Gasteiger partial charge >= 0.3 is 5.97 Å². The minimum Gasteiger partial charge on any atom is -0.478 e. The number of nitrogens with zero attached hydrogens (tertiary/aromatic N) is 6. The third-order valence-corrected chi connectivity index (χ3v) is 1.97. The summed E-state index contributed by atoms with van der Waals surface area (Å²) in [6.07, 6.45) is 2.03. The molecule has 1 amide bonds. The smallest absolute Gasteiger partial charge is 0.327 e. The van der Waals surface area contributed by atoms with Gasteiger partial charge < -0.3 is 25.6 Å². The number of azide groups is 2. The van der Waals surface area contributed by atoms with Gasteiger partial charge in [0.15, 0.2) is 0 Å². The van der Waals surface area contributed by atoms with Crippen LogP contribution >= 0.6 is 0 Å². The second-order valence-corrected chi connectivity index (χ2v) is 3.96. The molecule has 0 radical (unpaired) electrons. The molecular weight excluding hydrogens is 360 g/mol. The van der Waals surface area contributed by atoms with Crippen LogP contribution in [0.25, 0.3) is 20.9 Å². The molecule has 0 rings (SSSR count). The van der Waals surface area contributed by atoms with E-state index in [1.165, 1.54) is 6.08 Å². The highest BCUT2D eigenvalue weighted by Gasteiger charge is 1.91. The molecule has 0 aromatic heterocycles. The molecule has 0 aliphatic carbocycles. The van der Waals surface area contributed by atoms with E-state index in [1.54, 1.807) is 0 Å². The number of aliphatic carboxylic acids is 1. The first-order valence-corrected chi connectivity index (χ1v) is 7.62. The monoisotopic (exact) mass is 386 g/mol. The van der Waals surface area contributed by atoms with Gasteiger partial charge in [-0.2, -0.15) is 0 Å². The zero-order chi connectivity index (χ0) is 21.2. The van der Waals surface area contributed by atoms with Gasteiger partial charge in [0.1, 0.15) is 0 Å². The summed E-state index contributed by atoms with van der Waals surface area (Å²) in [4.78, 5) is 24.9. The summed E-state index contributed by atoms with van der Waals surface area (Å²) < 4.78 is 9.91. The van der Waals surface area contributed by atoms with Crippen LogP contribution in [0.1, 0.15) is 0 Å². The van der Waals surface area contributed by atoms with Gasteiger partial charge in [-0.1, -0.05) is 23.4 Å². The topological polar surface area (TPSA) is 208 Å². The average Bonchev–Trinajstić information content (AvgIpc) is 2.68. The fourth-order valence-electron chi connectivity index (χ4n) is 0.906. The number of nitrogens with two attached hydrogens (primary N) is 1. The van der Waals surface area contributed by atoms with Crippen LogP contribution < -0.4 is 11.1 Å². The number of amides is 1. The maximum absolute atomic E-state index is 10.6. The Morgan fingerprint density at radius 2 is 1.52 bits per heavy atom. The van der Waals surface area contributed by atoms with Crippen molar-refractivity contribution in [2.75, 3.05) is 52.6 Å². The van der Waals surface area contributed by atoms with Crippen molar-refractivity contribution in [1.29, 1.82) is 0 Å². The molecule has 0 saturated heterocycles. The van der Waals surface area contributed by atoms with E-state index in [1.807, 2.05) is 0 Å². The number of rotatable bonds is 13. The summed E-state index contributed by atoms with van der Waals surface area (Å²) in [5, 5.41) is 16.7. The highest BCUT2D eigenvalue weighted by atomic mass is 16.5. The van der Waals surface area contributed by atoms with Crippen LogP contribution in [0, 0.1) is 0 Å². The first kappa shape index (κ1) is 28.7. The molecule has 0 saturated carbocycles. The molecule has 0 bridgehead atoms. The van der Waals surface area contributed by atoms with E-state index in [-0.39, 0.29) is 5.91 Å². The molecule has 27 heavy (non-hydrogen) atoms. The minimum atomic E-state index is -0.981. The molecule has 4 N–H and O–H groups in total. The van der Waals surface area contributed by atoms with Crippen LogP contribution in [0.2, 0.25) is 0 Å². The van der Waals surface area contributed by atoms with Crippen LogP contribution in [0.3, 0.4) is 0 Å². The molecule has 13 nitrogen and oxygen atoms in total. The largest absolute Gasteiger partial charge is 0.478 e. The van der Waals surface area contributed by atoms with Crippen molar-refractivity contribution in [3.63, 3.8) is 0 Å². The van der Waals surface area contributed by atoms with E-state index in [4.69, 9.17) is 31.4 Å². The molecule has 0 aromatic carbocycles. The van der Waals surface area contributed by atoms with Crippen LogP contribution in [-0.2, 0) is 19.1 Å². The Bertz CT molecular complexity index is 502. The van der Waals surface area contributed by atoms with Gasteiger partial charge in [-0.05, 0) is 17.1 Å². The normalized spacial score (nSPS) is 8.19. The Labute approximate surface area is 157 Å². The number of carbonyl (C=O) groups is 2. The van der Waals surface area contributed by atoms with Crippen molar-refractivity contribution in [2.24, 2.45) is 16.0 Å². The zero-order valence-corrected chi connectivity index (χ0v) is 15.1. The summed E-state index contributed by atoms with van der Waals surface area (Å²) in [6, 6.07) is 0. The van der Waals surface area contributed by atoms with Crippen molar-refractivity contribution in [1.82, 2.24) is 5.32 Å². The van der Waals surface area contributed by atoms with E-state index < -0.39 is 5.97 Å². The molecule has 152 valence electrons. The lowest BCUT2D eigenvalue weighted by Crippen LogP contribution is -2.25. The Hall–Kier alpha value is -3.08. The minimum absolute atomic E-state index is 0.223. The van der Waals surface area contributed by atoms with Gasteiger partial charge in [0.05, 0.1) is 26.4 Å². The SMILES string of the molecule is C=CC(=O)NCCOCCN=[N+]=[N-].C=CC(=O)O.[N-]=[N+]=NCCOCCN. The van der Waals surface area contributed by atoms with Gasteiger partial charge in [0, 0.05) is 42.1 Å². The summed E-state index contributed by atoms with van der Waals surface area (Å²) in [7, 11) is 0. The lowest BCUT2D eigenvalue weighted by Gasteiger charge is -2.02. The Morgan fingerprint density at radius 1 is 1.04 bits per heavy atom.